The Morgan fingerprint density at radius 2 is 1.62 bits per heavy atom. The topological polar surface area (TPSA) is 49.4 Å². The van der Waals surface area contributed by atoms with E-state index in [2.05, 4.69) is 0 Å². The van der Waals surface area contributed by atoms with E-state index in [9.17, 15) is 0 Å². The molecule has 4 heteroatoms. The predicted molar refractivity (Wildman–Crippen MR) is 61.2 cm³/mol. The fourth-order valence-electron chi connectivity index (χ4n) is 1.81. The highest BCUT2D eigenvalue weighted by Gasteiger charge is 2.14. The largest absolute Gasteiger partial charge is 0.486 e. The highest BCUT2D eigenvalue weighted by Crippen LogP contribution is 2.35. The Labute approximate surface area is 93.2 Å². The molecule has 0 spiro atoms. The molecule has 0 bridgehead atoms. The maximum absolute atomic E-state index is 5.98. The number of anilines is 1. The van der Waals surface area contributed by atoms with Crippen LogP contribution < -0.4 is 15.2 Å². The molecule has 3 rings (SSSR count). The summed E-state index contributed by atoms with van der Waals surface area (Å²) < 4.78 is 12.9. The number of aromatic nitrogens is 1. The van der Waals surface area contributed by atoms with E-state index in [0.717, 1.165) is 17.2 Å². The second kappa shape index (κ2) is 3.48. The van der Waals surface area contributed by atoms with Gasteiger partial charge in [0.1, 0.15) is 13.2 Å². The van der Waals surface area contributed by atoms with Crippen molar-refractivity contribution >= 4 is 5.69 Å². The van der Waals surface area contributed by atoms with Gasteiger partial charge in [-0.05, 0) is 12.1 Å². The van der Waals surface area contributed by atoms with Crippen molar-refractivity contribution in [3.63, 3.8) is 0 Å². The third-order valence-corrected chi connectivity index (χ3v) is 2.57. The van der Waals surface area contributed by atoms with E-state index < -0.39 is 0 Å². The van der Waals surface area contributed by atoms with Crippen LogP contribution in [0.3, 0.4) is 0 Å². The molecule has 2 heterocycles. The van der Waals surface area contributed by atoms with E-state index >= 15 is 0 Å². The van der Waals surface area contributed by atoms with Crippen LogP contribution in [0.25, 0.3) is 5.69 Å². The molecule has 4 nitrogen and oxygen atoms in total. The molecule has 2 aromatic rings. The van der Waals surface area contributed by atoms with Gasteiger partial charge < -0.3 is 19.8 Å². The van der Waals surface area contributed by atoms with E-state index in [1.807, 2.05) is 41.2 Å². The number of nitrogens with zero attached hydrogens (tertiary/aromatic N) is 1. The van der Waals surface area contributed by atoms with Crippen LogP contribution in [0.15, 0.2) is 36.7 Å². The van der Waals surface area contributed by atoms with Crippen LogP contribution in [0.2, 0.25) is 0 Å². The third kappa shape index (κ3) is 1.39. The average Bonchev–Trinajstić information content (AvgIpc) is 2.81. The zero-order valence-corrected chi connectivity index (χ0v) is 8.72. The molecule has 0 aliphatic carbocycles. The number of nitrogen functional groups attached to an aromatic ring is 1. The van der Waals surface area contributed by atoms with Crippen molar-refractivity contribution in [2.24, 2.45) is 0 Å². The summed E-state index contributed by atoms with van der Waals surface area (Å²) in [5.74, 6) is 1.48. The number of hydrogen-bond donors (Lipinski definition) is 1. The highest BCUT2D eigenvalue weighted by atomic mass is 16.6. The molecule has 16 heavy (non-hydrogen) atoms. The Hall–Kier alpha value is -2.10. The van der Waals surface area contributed by atoms with Crippen molar-refractivity contribution in [1.29, 1.82) is 0 Å². The smallest absolute Gasteiger partial charge is 0.163 e. The first-order chi connectivity index (χ1) is 7.84. The Morgan fingerprint density at radius 3 is 2.31 bits per heavy atom. The van der Waals surface area contributed by atoms with Crippen LogP contribution in [0, 0.1) is 0 Å². The Morgan fingerprint density at radius 1 is 1.00 bits per heavy atom. The summed E-state index contributed by atoms with van der Waals surface area (Å²) in [6, 6.07) is 7.63. The number of benzene rings is 1. The molecule has 82 valence electrons. The van der Waals surface area contributed by atoms with E-state index in [4.69, 9.17) is 15.2 Å². The minimum absolute atomic E-state index is 0.579. The first kappa shape index (κ1) is 9.15. The molecule has 0 unspecified atom stereocenters. The summed E-state index contributed by atoms with van der Waals surface area (Å²) in [6.45, 7) is 1.16. The Balaban J connectivity index is 2.12. The molecular formula is C12H12N2O2. The summed E-state index contributed by atoms with van der Waals surface area (Å²) in [6.07, 6.45) is 3.89. The minimum atomic E-state index is 0.579. The molecule has 0 atom stereocenters. The Bertz CT molecular complexity index is 506. The van der Waals surface area contributed by atoms with Gasteiger partial charge in [-0.1, -0.05) is 0 Å². The molecule has 1 aromatic carbocycles. The van der Waals surface area contributed by atoms with Crippen molar-refractivity contribution in [3.8, 4) is 17.2 Å². The van der Waals surface area contributed by atoms with Crippen LogP contribution in [-0.4, -0.2) is 17.8 Å². The number of rotatable bonds is 1. The van der Waals surface area contributed by atoms with Gasteiger partial charge in [-0.3, -0.25) is 0 Å². The van der Waals surface area contributed by atoms with Crippen molar-refractivity contribution in [2.45, 2.75) is 0 Å². The van der Waals surface area contributed by atoms with Crippen molar-refractivity contribution in [3.05, 3.63) is 36.7 Å². The molecule has 0 saturated heterocycles. The summed E-state index contributed by atoms with van der Waals surface area (Å²) in [5, 5.41) is 0. The van der Waals surface area contributed by atoms with Gasteiger partial charge in [0, 0.05) is 24.5 Å². The van der Waals surface area contributed by atoms with Crippen LogP contribution in [0.1, 0.15) is 0 Å². The standard InChI is InChI=1S/C12H12N2O2/c13-9-7-11-12(16-6-5-15-11)8-10(9)14-3-1-2-4-14/h1-4,7-8H,5-6,13H2. The SMILES string of the molecule is Nc1cc2c(cc1-n1cccc1)OCCO2. The van der Waals surface area contributed by atoms with Gasteiger partial charge in [0.05, 0.1) is 11.4 Å². The lowest BCUT2D eigenvalue weighted by Crippen LogP contribution is -2.16. The maximum atomic E-state index is 5.98. The van der Waals surface area contributed by atoms with Gasteiger partial charge in [0.2, 0.25) is 0 Å². The molecule has 1 aromatic heterocycles. The highest BCUT2D eigenvalue weighted by molar-refractivity contribution is 5.66. The van der Waals surface area contributed by atoms with Gasteiger partial charge in [0.25, 0.3) is 0 Å². The maximum Gasteiger partial charge on any atom is 0.163 e. The van der Waals surface area contributed by atoms with Crippen molar-refractivity contribution < 1.29 is 9.47 Å². The number of ether oxygens (including phenoxy) is 2. The van der Waals surface area contributed by atoms with Gasteiger partial charge >= 0.3 is 0 Å². The van der Waals surface area contributed by atoms with E-state index in [-0.39, 0.29) is 0 Å². The lowest BCUT2D eigenvalue weighted by atomic mass is 10.2. The number of fused-ring (bicyclic) bond motifs is 1. The normalized spacial score (nSPS) is 13.8. The molecule has 1 aliphatic heterocycles. The summed E-state index contributed by atoms with van der Waals surface area (Å²) in [4.78, 5) is 0. The second-order valence-electron chi connectivity index (χ2n) is 3.64. The molecule has 0 amide bonds. The van der Waals surface area contributed by atoms with Crippen LogP contribution >= 0.6 is 0 Å². The average molecular weight is 216 g/mol. The summed E-state index contributed by atoms with van der Waals surface area (Å²) in [5.41, 5.74) is 7.57. The molecule has 0 radical (unpaired) electrons. The lowest BCUT2D eigenvalue weighted by molar-refractivity contribution is 0.171. The van der Waals surface area contributed by atoms with Crippen LogP contribution in [0.4, 0.5) is 5.69 Å². The molecule has 0 saturated carbocycles. The lowest BCUT2D eigenvalue weighted by Gasteiger charge is -2.20. The van der Waals surface area contributed by atoms with Crippen molar-refractivity contribution in [2.75, 3.05) is 18.9 Å². The zero-order valence-electron chi connectivity index (χ0n) is 8.72. The first-order valence-electron chi connectivity index (χ1n) is 5.17. The van der Waals surface area contributed by atoms with Crippen molar-refractivity contribution in [1.82, 2.24) is 4.57 Å². The van der Waals surface area contributed by atoms with E-state index in [1.54, 1.807) is 0 Å². The number of hydrogen-bond acceptors (Lipinski definition) is 3. The molecule has 2 N–H and O–H groups in total. The van der Waals surface area contributed by atoms with E-state index in [0.29, 0.717) is 18.9 Å². The summed E-state index contributed by atoms with van der Waals surface area (Å²) in [7, 11) is 0. The minimum Gasteiger partial charge on any atom is -0.486 e. The molecule has 1 aliphatic rings. The monoisotopic (exact) mass is 216 g/mol. The predicted octanol–water partition coefficient (Wildman–Crippen LogP) is 1.83. The van der Waals surface area contributed by atoms with Gasteiger partial charge in [-0.25, -0.2) is 0 Å². The van der Waals surface area contributed by atoms with Crippen LogP contribution in [-0.2, 0) is 0 Å². The Kier molecular flexibility index (Phi) is 1.99. The fourth-order valence-corrected chi connectivity index (χ4v) is 1.81. The van der Waals surface area contributed by atoms with Gasteiger partial charge in [-0.2, -0.15) is 0 Å². The second-order valence-corrected chi connectivity index (χ2v) is 3.64. The van der Waals surface area contributed by atoms with Gasteiger partial charge in [-0.15, -0.1) is 0 Å². The molecular weight excluding hydrogens is 204 g/mol. The summed E-state index contributed by atoms with van der Waals surface area (Å²) >= 11 is 0. The third-order valence-electron chi connectivity index (χ3n) is 2.57. The zero-order chi connectivity index (χ0) is 11.0. The van der Waals surface area contributed by atoms with E-state index in [1.165, 1.54) is 0 Å². The number of nitrogens with two attached hydrogens (primary N) is 1. The first-order valence-corrected chi connectivity index (χ1v) is 5.17. The molecule has 0 fully saturated rings. The van der Waals surface area contributed by atoms with Gasteiger partial charge in [0.15, 0.2) is 11.5 Å². The quantitative estimate of drug-likeness (QED) is 0.740. The fraction of sp³-hybridized carbons (Fsp3) is 0.167. The van der Waals surface area contributed by atoms with Crippen LogP contribution in [0.5, 0.6) is 11.5 Å².